The van der Waals surface area contributed by atoms with Crippen molar-refractivity contribution in [2.45, 2.75) is 51.1 Å². The minimum atomic E-state index is -3.10. The number of imide groups is 1. The number of aliphatic hydroxyl groups excluding tert-OH is 1. The lowest BCUT2D eigenvalue weighted by Crippen LogP contribution is -2.52. The molecule has 12 heteroatoms. The molecule has 1 aromatic carbocycles. The summed E-state index contributed by atoms with van der Waals surface area (Å²) >= 11 is 0. The summed E-state index contributed by atoms with van der Waals surface area (Å²) in [6.45, 7) is 1.23. The van der Waals surface area contributed by atoms with Crippen LogP contribution >= 0.6 is 0 Å². The first-order valence-electron chi connectivity index (χ1n) is 14.1. The van der Waals surface area contributed by atoms with E-state index in [0.717, 1.165) is 30.3 Å². The van der Waals surface area contributed by atoms with E-state index in [2.05, 4.69) is 5.10 Å². The molecule has 5 rings (SSSR count). The number of methoxy groups -OCH3 is 2. The Morgan fingerprint density at radius 2 is 1.93 bits per heavy atom. The van der Waals surface area contributed by atoms with Crippen molar-refractivity contribution in [1.82, 2.24) is 19.4 Å². The van der Waals surface area contributed by atoms with Crippen LogP contribution in [-0.4, -0.2) is 88.9 Å². The number of aromatic nitrogens is 2. The number of halogens is 2. The van der Waals surface area contributed by atoms with Crippen LogP contribution < -0.4 is 14.4 Å². The third-order valence-electron chi connectivity index (χ3n) is 8.30. The summed E-state index contributed by atoms with van der Waals surface area (Å²) in [4.78, 5) is 31.1. The Balaban J connectivity index is 1.31. The minimum absolute atomic E-state index is 0.0192. The Morgan fingerprint density at radius 1 is 1.12 bits per heavy atom. The number of hydrogen-bond donors (Lipinski definition) is 1. The number of urea groups is 1. The molecule has 3 aromatic rings. The van der Waals surface area contributed by atoms with Gasteiger partial charge in [-0.15, -0.1) is 0 Å². The largest absolute Gasteiger partial charge is 0.497 e. The summed E-state index contributed by atoms with van der Waals surface area (Å²) in [6.07, 6.45) is 5.99. The molecule has 0 bridgehead atoms. The lowest BCUT2D eigenvalue weighted by molar-refractivity contribution is -0.129. The van der Waals surface area contributed by atoms with Crippen molar-refractivity contribution in [2.24, 2.45) is 5.92 Å². The Kier molecular flexibility index (Phi) is 8.65. The number of aliphatic hydroxyl groups is 1. The van der Waals surface area contributed by atoms with Crippen molar-refractivity contribution in [3.8, 4) is 11.5 Å². The number of rotatable bonds is 10. The molecule has 42 heavy (non-hydrogen) atoms. The molecule has 2 atom stereocenters. The Bertz CT molecular complexity index is 1450. The number of nitrogens with zero attached hydrogens (tertiary/aromatic N) is 5. The van der Waals surface area contributed by atoms with Gasteiger partial charge in [0.15, 0.2) is 0 Å². The van der Waals surface area contributed by atoms with Crippen LogP contribution in [0.1, 0.15) is 37.3 Å². The summed E-state index contributed by atoms with van der Waals surface area (Å²) in [5, 5.41) is 13.4. The van der Waals surface area contributed by atoms with Gasteiger partial charge in [0.05, 0.1) is 44.7 Å². The van der Waals surface area contributed by atoms with E-state index in [1.165, 1.54) is 12.0 Å². The van der Waals surface area contributed by atoms with E-state index in [9.17, 15) is 18.4 Å². The standard InChI is InChI=1S/C30H37F2N5O5/c1-20-12-21(6-9-34(20)18-30(31,32)19-38)13-22-7-11-37-25(14-22)26(16-33-37)35-10-8-28(39)36(29(35)40)17-23-4-5-24(41-2)15-27(23)42-3/h4-5,7,11,14-16,20-21,38H,6,8-10,12-13,17-19H2,1-3H3/t20-,21+/m0/s1. The van der Waals surface area contributed by atoms with Gasteiger partial charge in [-0.3, -0.25) is 19.5 Å². The van der Waals surface area contributed by atoms with Gasteiger partial charge in [-0.2, -0.15) is 5.10 Å². The maximum Gasteiger partial charge on any atom is 0.331 e. The van der Waals surface area contributed by atoms with E-state index < -0.39 is 25.1 Å². The summed E-state index contributed by atoms with van der Waals surface area (Å²) in [6, 6.07) is 8.82. The van der Waals surface area contributed by atoms with Crippen LogP contribution in [0.5, 0.6) is 11.5 Å². The fraction of sp³-hybridized carbons (Fsp3) is 0.500. The number of benzene rings is 1. The van der Waals surface area contributed by atoms with Gasteiger partial charge in [-0.05, 0) is 68.5 Å². The SMILES string of the molecule is COc1ccc(CN2C(=O)CCN(c3cnn4ccc(C[C@@H]5CCN(CC(F)(F)CO)[C@@H](C)C5)cc34)C2=O)c(OC)c1. The molecule has 3 amide bonds. The Labute approximate surface area is 243 Å². The van der Waals surface area contributed by atoms with E-state index in [0.29, 0.717) is 35.2 Å². The van der Waals surface area contributed by atoms with E-state index in [4.69, 9.17) is 14.6 Å². The first-order chi connectivity index (χ1) is 20.1. The molecule has 2 saturated heterocycles. The molecule has 1 N–H and O–H groups in total. The average Bonchev–Trinajstić information content (AvgIpc) is 3.39. The van der Waals surface area contributed by atoms with Crippen LogP contribution in [0.2, 0.25) is 0 Å². The van der Waals surface area contributed by atoms with Crippen molar-refractivity contribution in [1.29, 1.82) is 0 Å². The van der Waals surface area contributed by atoms with Crippen molar-refractivity contribution in [3.63, 3.8) is 0 Å². The number of amides is 3. The molecule has 0 aliphatic carbocycles. The number of carbonyl (C=O) groups is 2. The van der Waals surface area contributed by atoms with Gasteiger partial charge < -0.3 is 14.6 Å². The minimum Gasteiger partial charge on any atom is -0.497 e. The highest BCUT2D eigenvalue weighted by Crippen LogP contribution is 2.32. The van der Waals surface area contributed by atoms with Crippen molar-refractivity contribution < 1.29 is 33.0 Å². The monoisotopic (exact) mass is 585 g/mol. The number of alkyl halides is 2. The fourth-order valence-electron chi connectivity index (χ4n) is 5.99. The molecular formula is C30H37F2N5O5. The second-order valence-electron chi connectivity index (χ2n) is 11.2. The van der Waals surface area contributed by atoms with Crippen molar-refractivity contribution in [2.75, 3.05) is 45.4 Å². The second-order valence-corrected chi connectivity index (χ2v) is 11.2. The highest BCUT2D eigenvalue weighted by Gasteiger charge is 2.36. The molecule has 2 aromatic heterocycles. The summed E-state index contributed by atoms with van der Waals surface area (Å²) < 4.78 is 39.9. The number of carbonyl (C=O) groups excluding carboxylic acids is 2. The van der Waals surface area contributed by atoms with E-state index >= 15 is 0 Å². The normalized spacial score (nSPS) is 20.4. The van der Waals surface area contributed by atoms with Gasteiger partial charge in [0.25, 0.3) is 5.92 Å². The molecule has 0 spiro atoms. The first-order valence-corrected chi connectivity index (χ1v) is 14.1. The Morgan fingerprint density at radius 3 is 2.64 bits per heavy atom. The second kappa shape index (κ2) is 12.2. The summed E-state index contributed by atoms with van der Waals surface area (Å²) in [5.41, 5.74) is 3.13. The van der Waals surface area contributed by atoms with E-state index in [-0.39, 0.29) is 31.5 Å². The van der Waals surface area contributed by atoms with Gasteiger partial charge >= 0.3 is 6.03 Å². The summed E-state index contributed by atoms with van der Waals surface area (Å²) in [7, 11) is 3.08. The van der Waals surface area contributed by atoms with Crippen LogP contribution in [0.4, 0.5) is 19.3 Å². The van der Waals surface area contributed by atoms with Crippen LogP contribution in [0, 0.1) is 5.92 Å². The number of fused-ring (bicyclic) bond motifs is 1. The van der Waals surface area contributed by atoms with Crippen LogP contribution in [0.25, 0.3) is 5.52 Å². The topological polar surface area (TPSA) is 99.9 Å². The van der Waals surface area contributed by atoms with Crippen LogP contribution in [-0.2, 0) is 17.8 Å². The number of pyridine rings is 1. The quantitative estimate of drug-likeness (QED) is 0.384. The van der Waals surface area contributed by atoms with Gasteiger partial charge in [-0.1, -0.05) is 0 Å². The zero-order valence-corrected chi connectivity index (χ0v) is 24.1. The molecule has 0 saturated carbocycles. The number of ether oxygens (including phenoxy) is 2. The number of likely N-dealkylation sites (tertiary alicyclic amines) is 1. The zero-order valence-electron chi connectivity index (χ0n) is 24.1. The predicted octanol–water partition coefficient (Wildman–Crippen LogP) is 3.98. The highest BCUT2D eigenvalue weighted by atomic mass is 19.3. The van der Waals surface area contributed by atoms with E-state index in [1.807, 2.05) is 25.3 Å². The molecule has 0 unspecified atom stereocenters. The van der Waals surface area contributed by atoms with Gasteiger partial charge in [0.1, 0.15) is 18.1 Å². The molecule has 226 valence electrons. The first kappa shape index (κ1) is 29.7. The molecule has 2 aliphatic rings. The fourth-order valence-corrected chi connectivity index (χ4v) is 5.99. The summed E-state index contributed by atoms with van der Waals surface area (Å²) in [5.74, 6) is -1.91. The maximum absolute atomic E-state index is 13.7. The zero-order chi connectivity index (χ0) is 30.0. The number of anilines is 1. The lowest BCUT2D eigenvalue weighted by Gasteiger charge is -2.39. The third-order valence-corrected chi connectivity index (χ3v) is 8.30. The molecule has 2 fully saturated rings. The van der Waals surface area contributed by atoms with Gasteiger partial charge in [0, 0.05) is 36.8 Å². The number of hydrogen-bond acceptors (Lipinski definition) is 7. The van der Waals surface area contributed by atoms with E-state index in [1.54, 1.807) is 45.8 Å². The molecule has 10 nitrogen and oxygen atoms in total. The van der Waals surface area contributed by atoms with Crippen LogP contribution in [0.3, 0.4) is 0 Å². The van der Waals surface area contributed by atoms with Crippen molar-refractivity contribution in [3.05, 3.63) is 53.9 Å². The molecule has 2 aliphatic heterocycles. The number of piperidine rings is 1. The predicted molar refractivity (Wildman–Crippen MR) is 152 cm³/mol. The molecular weight excluding hydrogens is 548 g/mol. The van der Waals surface area contributed by atoms with Crippen molar-refractivity contribution >= 4 is 23.1 Å². The lowest BCUT2D eigenvalue weighted by atomic mass is 9.86. The van der Waals surface area contributed by atoms with Gasteiger partial charge in [0.2, 0.25) is 5.91 Å². The molecule has 0 radical (unpaired) electrons. The average molecular weight is 586 g/mol. The highest BCUT2D eigenvalue weighted by molar-refractivity contribution is 6.07. The van der Waals surface area contributed by atoms with Crippen LogP contribution in [0.15, 0.2) is 42.7 Å². The molecule has 4 heterocycles. The Hall–Kier alpha value is -3.77. The third kappa shape index (κ3) is 6.19. The maximum atomic E-state index is 13.7. The van der Waals surface area contributed by atoms with Gasteiger partial charge in [-0.25, -0.2) is 18.1 Å². The smallest absolute Gasteiger partial charge is 0.331 e.